The van der Waals surface area contributed by atoms with E-state index in [1.807, 2.05) is 25.1 Å². The number of nitrogens with zero attached hydrogens (tertiary/aromatic N) is 2. The first kappa shape index (κ1) is 19.8. The minimum absolute atomic E-state index is 0.209. The lowest BCUT2D eigenvalue weighted by Crippen LogP contribution is -2.58. The average molecular weight is 409 g/mol. The van der Waals surface area contributed by atoms with Crippen molar-refractivity contribution in [1.29, 1.82) is 0 Å². The minimum Gasteiger partial charge on any atom is -0.494 e. The SMILES string of the molecule is CCOc1cc2c(cc1CN1C[C@H]3CCC[C@@H](C1)C3(O)c1ccccn1)O[C@@H](C)C2. The zero-order chi connectivity index (χ0) is 20.7. The van der Waals surface area contributed by atoms with Gasteiger partial charge in [0.2, 0.25) is 0 Å². The Labute approximate surface area is 179 Å². The van der Waals surface area contributed by atoms with Gasteiger partial charge in [-0.1, -0.05) is 12.5 Å². The van der Waals surface area contributed by atoms with Gasteiger partial charge in [-0.05, 0) is 51.0 Å². The fourth-order valence-electron chi connectivity index (χ4n) is 5.83. The van der Waals surface area contributed by atoms with E-state index in [9.17, 15) is 5.11 Å². The molecule has 1 saturated heterocycles. The second-order valence-corrected chi connectivity index (χ2v) is 9.19. The van der Waals surface area contributed by atoms with Gasteiger partial charge in [-0.2, -0.15) is 0 Å². The molecule has 4 atom stereocenters. The Bertz CT molecular complexity index is 887. The summed E-state index contributed by atoms with van der Waals surface area (Å²) in [5.74, 6) is 2.40. The summed E-state index contributed by atoms with van der Waals surface area (Å²) >= 11 is 0. The molecule has 3 heterocycles. The number of fused-ring (bicyclic) bond motifs is 3. The molecule has 5 nitrogen and oxygen atoms in total. The van der Waals surface area contributed by atoms with E-state index in [1.165, 1.54) is 17.5 Å². The summed E-state index contributed by atoms with van der Waals surface area (Å²) in [4.78, 5) is 7.04. The molecular formula is C25H32N2O3. The third-order valence-corrected chi connectivity index (χ3v) is 7.16. The van der Waals surface area contributed by atoms with Gasteiger partial charge in [0.05, 0.1) is 12.3 Å². The molecule has 0 amide bonds. The predicted molar refractivity (Wildman–Crippen MR) is 116 cm³/mol. The molecule has 1 N–H and O–H groups in total. The van der Waals surface area contributed by atoms with Crippen LogP contribution in [0.2, 0.25) is 0 Å². The first-order valence-electron chi connectivity index (χ1n) is 11.4. The highest BCUT2D eigenvalue weighted by Gasteiger charge is 2.52. The van der Waals surface area contributed by atoms with Crippen molar-refractivity contribution in [3.05, 3.63) is 53.3 Å². The van der Waals surface area contributed by atoms with Crippen LogP contribution in [0, 0.1) is 11.8 Å². The van der Waals surface area contributed by atoms with Gasteiger partial charge in [-0.15, -0.1) is 0 Å². The largest absolute Gasteiger partial charge is 0.494 e. The number of ether oxygens (including phenoxy) is 2. The van der Waals surface area contributed by atoms with Gasteiger partial charge < -0.3 is 14.6 Å². The molecule has 5 rings (SSSR count). The summed E-state index contributed by atoms with van der Waals surface area (Å²) in [6.45, 7) is 7.39. The Balaban J connectivity index is 1.40. The molecule has 160 valence electrons. The lowest BCUT2D eigenvalue weighted by Gasteiger charge is -2.52. The molecule has 2 fully saturated rings. The molecule has 1 saturated carbocycles. The number of benzene rings is 1. The van der Waals surface area contributed by atoms with Crippen LogP contribution in [-0.2, 0) is 18.6 Å². The molecule has 1 unspecified atom stereocenters. The molecule has 5 heteroatoms. The maximum absolute atomic E-state index is 11.8. The van der Waals surface area contributed by atoms with Crippen molar-refractivity contribution in [3.8, 4) is 11.5 Å². The van der Waals surface area contributed by atoms with E-state index in [-0.39, 0.29) is 17.9 Å². The van der Waals surface area contributed by atoms with E-state index in [4.69, 9.17) is 9.47 Å². The number of pyridine rings is 1. The Kier molecular flexibility index (Phi) is 5.19. The van der Waals surface area contributed by atoms with Crippen LogP contribution < -0.4 is 9.47 Å². The van der Waals surface area contributed by atoms with Crippen LogP contribution in [-0.4, -0.2) is 40.8 Å². The van der Waals surface area contributed by atoms with Crippen LogP contribution >= 0.6 is 0 Å². The van der Waals surface area contributed by atoms with Crippen molar-refractivity contribution in [2.75, 3.05) is 19.7 Å². The molecule has 1 aromatic carbocycles. The molecule has 2 bridgehead atoms. The van der Waals surface area contributed by atoms with E-state index in [0.29, 0.717) is 6.61 Å². The van der Waals surface area contributed by atoms with E-state index < -0.39 is 5.60 Å². The number of aromatic nitrogens is 1. The zero-order valence-electron chi connectivity index (χ0n) is 18.0. The van der Waals surface area contributed by atoms with Crippen molar-refractivity contribution in [3.63, 3.8) is 0 Å². The number of aliphatic hydroxyl groups is 1. The van der Waals surface area contributed by atoms with Gasteiger partial charge in [-0.25, -0.2) is 0 Å². The van der Waals surface area contributed by atoms with E-state index in [2.05, 4.69) is 28.9 Å². The summed E-state index contributed by atoms with van der Waals surface area (Å²) in [6, 6.07) is 10.3. The summed E-state index contributed by atoms with van der Waals surface area (Å²) in [6.07, 6.45) is 6.25. The highest BCUT2D eigenvalue weighted by Crippen LogP contribution is 2.49. The number of likely N-dealkylation sites (tertiary alicyclic amines) is 1. The number of hydrogen-bond acceptors (Lipinski definition) is 5. The molecule has 0 radical (unpaired) electrons. The van der Waals surface area contributed by atoms with Crippen molar-refractivity contribution in [2.24, 2.45) is 11.8 Å². The van der Waals surface area contributed by atoms with Crippen LogP contribution in [0.3, 0.4) is 0 Å². The van der Waals surface area contributed by atoms with Crippen LogP contribution in [0.4, 0.5) is 0 Å². The van der Waals surface area contributed by atoms with E-state index in [0.717, 1.165) is 56.1 Å². The van der Waals surface area contributed by atoms with E-state index >= 15 is 0 Å². The molecule has 1 aliphatic carbocycles. The van der Waals surface area contributed by atoms with Crippen LogP contribution in [0.25, 0.3) is 0 Å². The second kappa shape index (κ2) is 7.86. The maximum Gasteiger partial charge on any atom is 0.124 e. The monoisotopic (exact) mass is 408 g/mol. The summed E-state index contributed by atoms with van der Waals surface area (Å²) in [5.41, 5.74) is 2.46. The van der Waals surface area contributed by atoms with Crippen molar-refractivity contribution < 1.29 is 14.6 Å². The first-order valence-corrected chi connectivity index (χ1v) is 11.4. The van der Waals surface area contributed by atoms with Crippen molar-refractivity contribution in [1.82, 2.24) is 9.88 Å². The molecule has 1 aromatic heterocycles. The molecule has 0 spiro atoms. The lowest BCUT2D eigenvalue weighted by molar-refractivity contribution is -0.151. The number of hydrogen-bond donors (Lipinski definition) is 1. The minimum atomic E-state index is -0.810. The van der Waals surface area contributed by atoms with Gasteiger partial charge in [0, 0.05) is 55.2 Å². The number of piperidine rings is 1. The van der Waals surface area contributed by atoms with Gasteiger partial charge in [-0.3, -0.25) is 9.88 Å². The molecule has 3 aliphatic rings. The Morgan fingerprint density at radius 1 is 1.23 bits per heavy atom. The smallest absolute Gasteiger partial charge is 0.124 e. The first-order chi connectivity index (χ1) is 14.6. The molecule has 2 aliphatic heterocycles. The van der Waals surface area contributed by atoms with Crippen molar-refractivity contribution in [2.45, 2.75) is 57.8 Å². The summed E-state index contributed by atoms with van der Waals surface area (Å²) in [5, 5.41) is 11.8. The Morgan fingerprint density at radius 2 is 2.03 bits per heavy atom. The lowest BCUT2D eigenvalue weighted by atomic mass is 9.64. The van der Waals surface area contributed by atoms with Gasteiger partial charge in [0.15, 0.2) is 0 Å². The third kappa shape index (κ3) is 3.38. The fraction of sp³-hybridized carbons (Fsp3) is 0.560. The molecule has 30 heavy (non-hydrogen) atoms. The third-order valence-electron chi connectivity index (χ3n) is 7.16. The highest BCUT2D eigenvalue weighted by atomic mass is 16.5. The second-order valence-electron chi connectivity index (χ2n) is 9.19. The van der Waals surface area contributed by atoms with E-state index in [1.54, 1.807) is 6.20 Å². The zero-order valence-corrected chi connectivity index (χ0v) is 18.0. The molecule has 2 aromatic rings. The standard InChI is InChI=1S/C25H32N2O3/c1-3-29-22-12-18-11-17(2)30-23(18)13-19(22)14-27-15-20-7-6-8-21(16-27)25(20,28)24-9-4-5-10-26-24/h4-5,9-10,12-13,17,20-21,28H,3,6-8,11,14-16H2,1-2H3/t17-,20-,21+,25?/m0/s1. The van der Waals surface area contributed by atoms with Gasteiger partial charge >= 0.3 is 0 Å². The summed E-state index contributed by atoms with van der Waals surface area (Å²) in [7, 11) is 0. The highest BCUT2D eigenvalue weighted by molar-refractivity contribution is 5.48. The van der Waals surface area contributed by atoms with Crippen LogP contribution in [0.15, 0.2) is 36.5 Å². The maximum atomic E-state index is 11.8. The Morgan fingerprint density at radius 3 is 2.73 bits per heavy atom. The average Bonchev–Trinajstić information content (AvgIpc) is 3.08. The normalized spacial score (nSPS) is 30.6. The quantitative estimate of drug-likeness (QED) is 0.813. The van der Waals surface area contributed by atoms with Crippen LogP contribution in [0.1, 0.15) is 49.9 Å². The van der Waals surface area contributed by atoms with Crippen LogP contribution in [0.5, 0.6) is 11.5 Å². The Hall–Kier alpha value is -2.11. The topological polar surface area (TPSA) is 54.8 Å². The van der Waals surface area contributed by atoms with Gasteiger partial charge in [0.1, 0.15) is 23.2 Å². The number of rotatable bonds is 5. The predicted octanol–water partition coefficient (Wildman–Crippen LogP) is 3.92. The molecular weight excluding hydrogens is 376 g/mol. The van der Waals surface area contributed by atoms with Gasteiger partial charge in [0.25, 0.3) is 0 Å². The van der Waals surface area contributed by atoms with Crippen molar-refractivity contribution >= 4 is 0 Å². The summed E-state index contributed by atoms with van der Waals surface area (Å²) < 4.78 is 12.0. The fourth-order valence-corrected chi connectivity index (χ4v) is 5.83.